The van der Waals surface area contributed by atoms with Crippen molar-refractivity contribution in [3.05, 3.63) is 107 Å². The van der Waals surface area contributed by atoms with E-state index < -0.39 is 0 Å². The van der Waals surface area contributed by atoms with Gasteiger partial charge in [0.2, 0.25) is 11.6 Å². The molecule has 0 spiro atoms. The Morgan fingerprint density at radius 1 is 0.768 bits per heavy atom. The van der Waals surface area contributed by atoms with Gasteiger partial charge in [-0.15, -0.1) is 0 Å². The van der Waals surface area contributed by atoms with Crippen LogP contribution in [0.3, 0.4) is 0 Å². The lowest BCUT2D eigenvalue weighted by Crippen LogP contribution is -2.28. The first-order chi connectivity index (χ1) is 27.1. The minimum absolute atomic E-state index is 0.0200. The van der Waals surface area contributed by atoms with Gasteiger partial charge in [0.15, 0.2) is 5.71 Å². The minimum Gasteiger partial charge on any atom is -0.379 e. The zero-order valence-electron chi connectivity index (χ0n) is 35.5. The number of nitrogens with one attached hydrogen (secondary N) is 1. The summed E-state index contributed by atoms with van der Waals surface area (Å²) in [4.78, 5) is 15.0. The number of amides is 1. The third-order valence-corrected chi connectivity index (χ3v) is 11.7. The normalized spacial score (nSPS) is 18.6. The van der Waals surface area contributed by atoms with Gasteiger partial charge in [-0.05, 0) is 81.2 Å². The van der Waals surface area contributed by atoms with E-state index in [1.807, 2.05) is 0 Å². The first-order valence-corrected chi connectivity index (χ1v) is 21.5. The predicted molar refractivity (Wildman–Crippen MR) is 232 cm³/mol. The largest absolute Gasteiger partial charge is 0.379 e. The van der Waals surface area contributed by atoms with Crippen LogP contribution in [0.25, 0.3) is 0 Å². The fraction of sp³-hybridized carbons (Fsp3) is 0.551. The van der Waals surface area contributed by atoms with Crippen molar-refractivity contribution in [2.75, 3.05) is 64.7 Å². The molecule has 7 heteroatoms. The van der Waals surface area contributed by atoms with Crippen molar-refractivity contribution in [2.45, 2.75) is 116 Å². The van der Waals surface area contributed by atoms with Gasteiger partial charge in [-0.2, -0.15) is 4.58 Å². The van der Waals surface area contributed by atoms with Gasteiger partial charge in [-0.3, -0.25) is 4.79 Å². The number of unbranched alkanes of at least 4 members (excludes halogenated alkanes) is 5. The van der Waals surface area contributed by atoms with Gasteiger partial charge < -0.3 is 24.4 Å². The van der Waals surface area contributed by atoms with Crippen molar-refractivity contribution in [3.63, 3.8) is 0 Å². The summed E-state index contributed by atoms with van der Waals surface area (Å²) in [5.74, 6) is 0.0956. The van der Waals surface area contributed by atoms with E-state index in [1.54, 1.807) is 0 Å². The van der Waals surface area contributed by atoms with Crippen LogP contribution in [0.1, 0.15) is 116 Å². The molecule has 2 heterocycles. The molecule has 56 heavy (non-hydrogen) atoms. The molecule has 1 N–H and O–H groups in total. The van der Waals surface area contributed by atoms with Crippen molar-refractivity contribution < 1.29 is 23.6 Å². The van der Waals surface area contributed by atoms with E-state index in [0.717, 1.165) is 51.7 Å². The molecule has 0 bridgehead atoms. The molecular formula is C49H70N3O4+. The van der Waals surface area contributed by atoms with Gasteiger partial charge in [0.05, 0.1) is 38.4 Å². The first-order valence-electron chi connectivity index (χ1n) is 21.5. The van der Waals surface area contributed by atoms with Crippen LogP contribution in [0, 0.1) is 0 Å². The molecule has 3 aliphatic rings. The van der Waals surface area contributed by atoms with Gasteiger partial charge >= 0.3 is 0 Å². The van der Waals surface area contributed by atoms with E-state index in [9.17, 15) is 4.79 Å². The standard InChI is InChI=1S/C49H69N3O4/c1-7-8-9-17-32-54-34-36-56-37-35-55-33-30-50-47(53)25-11-10-16-31-52-44-24-15-13-22-42(44)49(4,5)46(52)29-27-40-20-18-19-39(38-40)26-28-45-48(2,3)41-21-12-14-23-43(41)51(45)6/h12-15,21-24,26-29,38H,7-11,16-20,25,30-37H2,1-6H3/p+1. The molecule has 0 saturated carbocycles. The maximum absolute atomic E-state index is 12.5. The molecule has 2 aliphatic heterocycles. The molecule has 0 atom stereocenters. The number of rotatable bonds is 23. The van der Waals surface area contributed by atoms with Crippen molar-refractivity contribution in [1.29, 1.82) is 0 Å². The van der Waals surface area contributed by atoms with E-state index >= 15 is 0 Å². The summed E-state index contributed by atoms with van der Waals surface area (Å²) in [6.45, 7) is 16.6. The second-order valence-electron chi connectivity index (χ2n) is 16.6. The van der Waals surface area contributed by atoms with Gasteiger partial charge in [-0.1, -0.05) is 101 Å². The van der Waals surface area contributed by atoms with Crippen molar-refractivity contribution in [2.24, 2.45) is 0 Å². The summed E-state index contributed by atoms with van der Waals surface area (Å²) in [5.41, 5.74) is 10.7. The lowest BCUT2D eigenvalue weighted by molar-refractivity contribution is -0.401. The average molecular weight is 765 g/mol. The fourth-order valence-corrected chi connectivity index (χ4v) is 8.45. The molecule has 304 valence electrons. The Morgan fingerprint density at radius 3 is 2.23 bits per heavy atom. The maximum atomic E-state index is 12.5. The second kappa shape index (κ2) is 21.7. The summed E-state index contributed by atoms with van der Waals surface area (Å²) in [6, 6.07) is 17.6. The van der Waals surface area contributed by atoms with Crippen LogP contribution in [0.2, 0.25) is 0 Å². The Labute approximate surface area is 338 Å². The predicted octanol–water partition coefficient (Wildman–Crippen LogP) is 10.3. The maximum Gasteiger partial charge on any atom is 0.220 e. The summed E-state index contributed by atoms with van der Waals surface area (Å²) in [6.07, 6.45) is 23.5. The number of benzene rings is 2. The number of carbonyl (C=O) groups is 1. The van der Waals surface area contributed by atoms with Crippen molar-refractivity contribution >= 4 is 23.0 Å². The van der Waals surface area contributed by atoms with Crippen molar-refractivity contribution in [3.8, 4) is 0 Å². The van der Waals surface area contributed by atoms with Crippen LogP contribution >= 0.6 is 0 Å². The Balaban J connectivity index is 1.06. The highest BCUT2D eigenvalue weighted by atomic mass is 16.5. The highest BCUT2D eigenvalue weighted by Gasteiger charge is 2.42. The van der Waals surface area contributed by atoms with Crippen LogP contribution in [0.4, 0.5) is 11.4 Å². The highest BCUT2D eigenvalue weighted by Crippen LogP contribution is 2.48. The number of carbonyl (C=O) groups excluding carboxylic acids is 1. The highest BCUT2D eigenvalue weighted by molar-refractivity contribution is 6.03. The van der Waals surface area contributed by atoms with E-state index in [1.165, 1.54) is 70.7 Å². The summed E-state index contributed by atoms with van der Waals surface area (Å²) in [5, 5.41) is 3.00. The van der Waals surface area contributed by atoms with Crippen LogP contribution in [-0.2, 0) is 29.8 Å². The van der Waals surface area contributed by atoms with Crippen LogP contribution in [0.5, 0.6) is 0 Å². The van der Waals surface area contributed by atoms with Crippen LogP contribution < -0.4 is 10.2 Å². The van der Waals surface area contributed by atoms with E-state index in [-0.39, 0.29) is 16.7 Å². The number of hydrogen-bond donors (Lipinski definition) is 1. The number of para-hydroxylation sites is 2. The van der Waals surface area contributed by atoms with Gasteiger partial charge in [0.25, 0.3) is 0 Å². The number of anilines is 1. The third-order valence-electron chi connectivity index (χ3n) is 11.7. The number of nitrogens with zero attached hydrogens (tertiary/aromatic N) is 2. The Hall–Kier alpha value is -3.78. The summed E-state index contributed by atoms with van der Waals surface area (Å²) in [7, 11) is 2.19. The monoisotopic (exact) mass is 765 g/mol. The van der Waals surface area contributed by atoms with Crippen LogP contribution in [-0.4, -0.2) is 76.0 Å². The molecule has 0 aromatic heterocycles. The smallest absolute Gasteiger partial charge is 0.220 e. The molecule has 2 aromatic rings. The summed E-state index contributed by atoms with van der Waals surface area (Å²) >= 11 is 0. The Kier molecular flexibility index (Phi) is 16.8. The molecule has 0 fully saturated rings. The SMILES string of the molecule is CCCCCCOCCOCCOCCNC(=O)CCCCCN1/C(=C/C=C2C=C(/C=C/C3=[N+](C)c4ccccc4C3(C)C)CCC/2)C(C)(C)c2ccccc21. The van der Waals surface area contributed by atoms with Crippen molar-refractivity contribution in [1.82, 2.24) is 5.32 Å². The molecule has 0 saturated heterocycles. The van der Waals surface area contributed by atoms with Gasteiger partial charge in [-0.25, -0.2) is 0 Å². The fourth-order valence-electron chi connectivity index (χ4n) is 8.45. The zero-order chi connectivity index (χ0) is 39.8. The lowest BCUT2D eigenvalue weighted by atomic mass is 9.81. The Morgan fingerprint density at radius 2 is 1.46 bits per heavy atom. The molecule has 7 nitrogen and oxygen atoms in total. The molecule has 5 rings (SSSR count). The molecule has 2 aromatic carbocycles. The van der Waals surface area contributed by atoms with Gasteiger partial charge in [0.1, 0.15) is 7.05 Å². The number of hydrogen-bond acceptors (Lipinski definition) is 5. The second-order valence-corrected chi connectivity index (χ2v) is 16.6. The number of ether oxygens (including phenoxy) is 3. The van der Waals surface area contributed by atoms with Gasteiger partial charge in [0, 0.05) is 60.6 Å². The third kappa shape index (κ3) is 11.6. The van der Waals surface area contributed by atoms with Crippen LogP contribution in [0.15, 0.2) is 95.8 Å². The molecule has 0 unspecified atom stereocenters. The first kappa shape index (κ1) is 43.3. The van der Waals surface area contributed by atoms with E-state index in [0.29, 0.717) is 46.0 Å². The number of fused-ring (bicyclic) bond motifs is 2. The zero-order valence-corrected chi connectivity index (χ0v) is 35.5. The van der Waals surface area contributed by atoms with E-state index in [4.69, 9.17) is 14.2 Å². The lowest BCUT2D eigenvalue weighted by Gasteiger charge is -2.27. The summed E-state index contributed by atoms with van der Waals surface area (Å²) < 4.78 is 19.1. The molecule has 0 radical (unpaired) electrons. The minimum atomic E-state index is -0.0882. The topological polar surface area (TPSA) is 63.0 Å². The van der Waals surface area contributed by atoms with E-state index in [2.05, 4.69) is 135 Å². The Bertz CT molecular complexity index is 1750. The average Bonchev–Trinajstić information content (AvgIpc) is 3.53. The number of allylic oxidation sites excluding steroid dienone is 8. The molecule has 1 aliphatic carbocycles. The quantitative estimate of drug-likeness (QED) is 0.0902. The molecular weight excluding hydrogens is 695 g/mol. The molecule has 1 amide bonds.